The van der Waals surface area contributed by atoms with Crippen molar-refractivity contribution in [1.82, 2.24) is 19.5 Å². The average Bonchev–Trinajstić information content (AvgIpc) is 3.16. The molecule has 196 valence electrons. The van der Waals surface area contributed by atoms with Crippen molar-refractivity contribution in [2.24, 2.45) is 5.92 Å². The molecule has 4 N–H and O–H groups in total. The minimum absolute atomic E-state index is 0.112. The van der Waals surface area contributed by atoms with Crippen LogP contribution in [-0.2, 0) is 6.54 Å². The number of aromatic nitrogens is 4. The van der Waals surface area contributed by atoms with E-state index in [0.717, 1.165) is 44.9 Å². The molecule has 1 fully saturated rings. The quantitative estimate of drug-likeness (QED) is 0.304. The highest BCUT2D eigenvalue weighted by Crippen LogP contribution is 2.29. The van der Waals surface area contributed by atoms with E-state index in [1.807, 2.05) is 18.4 Å². The second-order valence-corrected chi connectivity index (χ2v) is 10.3. The zero-order chi connectivity index (χ0) is 25.9. The topological polar surface area (TPSA) is 108 Å². The number of fused-ring (bicyclic) bond motifs is 1. The van der Waals surface area contributed by atoms with Gasteiger partial charge in [0.25, 0.3) is 0 Å². The first-order chi connectivity index (χ1) is 17.2. The molecule has 1 atom stereocenters. The number of para-hydroxylation sites is 1. The Hall–Kier alpha value is -2.85. The van der Waals surface area contributed by atoms with Crippen LogP contribution < -0.4 is 10.6 Å². The Labute approximate surface area is 210 Å². The Bertz CT molecular complexity index is 1150. The molecule has 2 aromatic heterocycles. The van der Waals surface area contributed by atoms with Gasteiger partial charge in [-0.2, -0.15) is 4.98 Å². The van der Waals surface area contributed by atoms with Crippen LogP contribution in [0, 0.1) is 17.6 Å². The van der Waals surface area contributed by atoms with Crippen molar-refractivity contribution in [3.8, 4) is 0 Å². The minimum Gasteiger partial charge on any atom is -0.393 e. The van der Waals surface area contributed by atoms with Crippen molar-refractivity contribution in [2.45, 2.75) is 90.0 Å². The normalized spacial score (nSPS) is 19.4. The highest BCUT2D eigenvalue weighted by molar-refractivity contribution is 5.76. The number of aryl methyl sites for hydroxylation is 1. The Kier molecular flexibility index (Phi) is 8.04. The zero-order valence-corrected chi connectivity index (χ0v) is 21.1. The van der Waals surface area contributed by atoms with Gasteiger partial charge in [-0.15, -0.1) is 0 Å². The monoisotopic (exact) mass is 502 g/mol. The summed E-state index contributed by atoms with van der Waals surface area (Å²) in [6.07, 6.45) is 6.81. The summed E-state index contributed by atoms with van der Waals surface area (Å²) in [7, 11) is 0. The molecule has 0 aliphatic heterocycles. The van der Waals surface area contributed by atoms with Gasteiger partial charge in [0, 0.05) is 12.6 Å². The lowest BCUT2D eigenvalue weighted by Crippen LogP contribution is -2.30. The van der Waals surface area contributed by atoms with Gasteiger partial charge in [0.1, 0.15) is 22.8 Å². The van der Waals surface area contributed by atoms with Crippen LogP contribution in [0.15, 0.2) is 24.4 Å². The van der Waals surface area contributed by atoms with E-state index in [9.17, 15) is 19.0 Å². The van der Waals surface area contributed by atoms with Gasteiger partial charge in [0.2, 0.25) is 11.9 Å². The number of hydrogen-bond donors (Lipinski definition) is 4. The number of hydrogen-bond acceptors (Lipinski definition) is 7. The molecule has 1 aromatic carbocycles. The molecule has 1 saturated carbocycles. The summed E-state index contributed by atoms with van der Waals surface area (Å²) in [4.78, 5) is 13.6. The van der Waals surface area contributed by atoms with Crippen LogP contribution in [0.2, 0.25) is 0 Å². The van der Waals surface area contributed by atoms with Gasteiger partial charge in [-0.25, -0.2) is 18.7 Å². The molecule has 0 radical (unpaired) electrons. The minimum atomic E-state index is -0.796. The molecule has 0 spiro atoms. The average molecular weight is 503 g/mol. The standard InChI is InChI=1S/C26H36F2N6O2/c1-4-16(26(2,3)36)7-6-14-34-23-21(31-25(34)32-22-19(27)8-5-9-20(22)28)15-29-24(33-23)30-17-10-12-18(35)13-11-17/h5,8-9,15-18,35-36H,4,6-7,10-14H2,1-3H3,(H,31,32)(H,29,30,33)/t16-,17-,18-/m0/s1. The maximum atomic E-state index is 14.4. The number of benzene rings is 1. The van der Waals surface area contributed by atoms with E-state index in [1.165, 1.54) is 18.2 Å². The third-order valence-electron chi connectivity index (χ3n) is 7.14. The predicted octanol–water partition coefficient (Wildman–Crippen LogP) is 5.14. The van der Waals surface area contributed by atoms with E-state index in [2.05, 4.69) is 27.5 Å². The molecule has 1 aliphatic carbocycles. The van der Waals surface area contributed by atoms with E-state index in [1.54, 1.807) is 6.20 Å². The fraction of sp³-hybridized carbons (Fsp3) is 0.577. The highest BCUT2D eigenvalue weighted by Gasteiger charge is 2.25. The number of anilines is 3. The van der Waals surface area contributed by atoms with Crippen LogP contribution in [0.1, 0.15) is 65.7 Å². The highest BCUT2D eigenvalue weighted by atomic mass is 19.1. The molecule has 4 rings (SSSR count). The van der Waals surface area contributed by atoms with Crippen LogP contribution in [0.25, 0.3) is 11.2 Å². The molecule has 3 aromatic rings. The summed E-state index contributed by atoms with van der Waals surface area (Å²) in [5.41, 5.74) is -0.00739. The predicted molar refractivity (Wildman–Crippen MR) is 136 cm³/mol. The molecule has 2 heterocycles. The third kappa shape index (κ3) is 6.10. The molecule has 10 heteroatoms. The zero-order valence-electron chi connectivity index (χ0n) is 21.1. The van der Waals surface area contributed by atoms with E-state index >= 15 is 0 Å². The lowest BCUT2D eigenvalue weighted by Gasteiger charge is -2.28. The Morgan fingerprint density at radius 3 is 2.47 bits per heavy atom. The van der Waals surface area contributed by atoms with Crippen molar-refractivity contribution in [1.29, 1.82) is 0 Å². The maximum absolute atomic E-state index is 14.4. The van der Waals surface area contributed by atoms with Crippen LogP contribution in [-0.4, -0.2) is 47.5 Å². The van der Waals surface area contributed by atoms with Crippen molar-refractivity contribution in [3.63, 3.8) is 0 Å². The van der Waals surface area contributed by atoms with Crippen molar-refractivity contribution in [3.05, 3.63) is 36.0 Å². The first kappa shape index (κ1) is 26.2. The van der Waals surface area contributed by atoms with Crippen LogP contribution >= 0.6 is 0 Å². The van der Waals surface area contributed by atoms with E-state index in [-0.39, 0.29) is 29.7 Å². The van der Waals surface area contributed by atoms with Gasteiger partial charge in [0.15, 0.2) is 5.65 Å². The third-order valence-corrected chi connectivity index (χ3v) is 7.14. The van der Waals surface area contributed by atoms with Crippen LogP contribution in [0.5, 0.6) is 0 Å². The first-order valence-corrected chi connectivity index (χ1v) is 12.8. The van der Waals surface area contributed by atoms with Crippen molar-refractivity contribution in [2.75, 3.05) is 10.6 Å². The van der Waals surface area contributed by atoms with E-state index < -0.39 is 17.2 Å². The molecule has 1 aliphatic rings. The lowest BCUT2D eigenvalue weighted by molar-refractivity contribution is 0.0103. The molecular weight excluding hydrogens is 466 g/mol. The van der Waals surface area contributed by atoms with E-state index in [0.29, 0.717) is 23.7 Å². The van der Waals surface area contributed by atoms with Crippen molar-refractivity contribution < 1.29 is 19.0 Å². The molecule has 8 nitrogen and oxygen atoms in total. The molecule has 0 amide bonds. The Balaban J connectivity index is 1.63. The largest absolute Gasteiger partial charge is 0.393 e. The number of halogens is 2. The van der Waals surface area contributed by atoms with Crippen LogP contribution in [0.3, 0.4) is 0 Å². The maximum Gasteiger partial charge on any atom is 0.224 e. The smallest absolute Gasteiger partial charge is 0.224 e. The number of rotatable bonds is 10. The second-order valence-electron chi connectivity index (χ2n) is 10.3. The summed E-state index contributed by atoms with van der Waals surface area (Å²) in [5.74, 6) is -0.584. The number of imidazole rings is 1. The first-order valence-electron chi connectivity index (χ1n) is 12.8. The second kappa shape index (κ2) is 11.0. The van der Waals surface area contributed by atoms with Gasteiger partial charge < -0.3 is 20.8 Å². The molecule has 0 unspecified atom stereocenters. The number of nitrogens with zero attached hydrogens (tertiary/aromatic N) is 4. The van der Waals surface area contributed by atoms with Gasteiger partial charge in [-0.3, -0.25) is 4.57 Å². The number of aliphatic hydroxyl groups excluding tert-OH is 1. The Morgan fingerprint density at radius 1 is 1.14 bits per heavy atom. The summed E-state index contributed by atoms with van der Waals surface area (Å²) in [6.45, 7) is 6.18. The molecule has 0 bridgehead atoms. The Morgan fingerprint density at radius 2 is 1.83 bits per heavy atom. The van der Waals surface area contributed by atoms with Gasteiger partial charge in [-0.05, 0) is 70.4 Å². The van der Waals surface area contributed by atoms with E-state index in [4.69, 9.17) is 4.98 Å². The number of nitrogens with one attached hydrogen (secondary N) is 2. The summed E-state index contributed by atoms with van der Waals surface area (Å²) >= 11 is 0. The molecule has 0 saturated heterocycles. The SMILES string of the molecule is CC[C@@H](CCCn1c(Nc2c(F)cccc2F)nc2cnc(N[C@H]3CC[C@H](O)CC3)nc21)C(C)(C)O. The summed E-state index contributed by atoms with van der Waals surface area (Å²) < 4.78 is 30.6. The van der Waals surface area contributed by atoms with Gasteiger partial charge in [-0.1, -0.05) is 19.4 Å². The van der Waals surface area contributed by atoms with Gasteiger partial charge >= 0.3 is 0 Å². The lowest BCUT2D eigenvalue weighted by atomic mass is 9.85. The van der Waals surface area contributed by atoms with Crippen molar-refractivity contribution >= 4 is 28.7 Å². The van der Waals surface area contributed by atoms with Gasteiger partial charge in [0.05, 0.1) is 17.9 Å². The molecule has 36 heavy (non-hydrogen) atoms. The molecular formula is C26H36F2N6O2. The summed E-state index contributed by atoms with van der Waals surface area (Å²) in [5, 5.41) is 26.4. The fourth-order valence-electron chi connectivity index (χ4n) is 4.98. The number of aliphatic hydroxyl groups is 2. The fourth-order valence-corrected chi connectivity index (χ4v) is 4.98. The van der Waals surface area contributed by atoms with Crippen LogP contribution in [0.4, 0.5) is 26.4 Å². The summed E-state index contributed by atoms with van der Waals surface area (Å²) in [6, 6.07) is 3.87.